The number of halogens is 7. The number of alkyl halides is 6. The van der Waals surface area contributed by atoms with E-state index in [1.165, 1.54) is 17.7 Å². The Balaban J connectivity index is 0.000000175. The van der Waals surface area contributed by atoms with Crippen LogP contribution >= 0.6 is 0 Å². The van der Waals surface area contributed by atoms with Gasteiger partial charge in [0.1, 0.15) is 5.82 Å². The highest BCUT2D eigenvalue weighted by atomic mass is 19.4. The zero-order valence-electron chi connectivity index (χ0n) is 19.3. The van der Waals surface area contributed by atoms with Gasteiger partial charge in [-0.3, -0.25) is 4.79 Å². The number of piperidine rings is 1. The van der Waals surface area contributed by atoms with Gasteiger partial charge in [-0.2, -0.15) is 26.3 Å². The van der Waals surface area contributed by atoms with Gasteiger partial charge in [0.05, 0.1) is 35.4 Å². The zero-order valence-corrected chi connectivity index (χ0v) is 19.3. The summed E-state index contributed by atoms with van der Waals surface area (Å²) in [5.74, 6) is 0.449. The Morgan fingerprint density at radius 1 is 1.03 bits per heavy atom. The molecule has 4 unspecified atom stereocenters. The van der Waals surface area contributed by atoms with Crippen LogP contribution < -0.4 is 5.32 Å². The summed E-state index contributed by atoms with van der Waals surface area (Å²) in [6.07, 6.45) is -5.45. The number of benzene rings is 2. The van der Waals surface area contributed by atoms with Crippen LogP contribution in [0.5, 0.6) is 0 Å². The van der Waals surface area contributed by atoms with Crippen molar-refractivity contribution in [1.29, 1.82) is 0 Å². The number of carbonyl (C=O) groups excluding carboxylic acids is 1. The molecule has 196 valence electrons. The number of aliphatic hydroxyl groups is 1. The summed E-state index contributed by atoms with van der Waals surface area (Å²) in [7, 11) is 1.85. The van der Waals surface area contributed by atoms with Crippen LogP contribution in [0.3, 0.4) is 0 Å². The van der Waals surface area contributed by atoms with Crippen molar-refractivity contribution in [2.75, 3.05) is 7.05 Å². The number of nitrogens with one attached hydrogen (secondary N) is 1. The van der Waals surface area contributed by atoms with Crippen molar-refractivity contribution in [3.05, 3.63) is 70.5 Å². The first-order valence-corrected chi connectivity index (χ1v) is 11.5. The molecule has 2 saturated heterocycles. The zero-order chi connectivity index (χ0) is 26.5. The Hall–Kier alpha value is -2.66. The van der Waals surface area contributed by atoms with Crippen LogP contribution in [0, 0.1) is 5.82 Å². The van der Waals surface area contributed by atoms with Crippen molar-refractivity contribution in [3.63, 3.8) is 0 Å². The smallest absolute Gasteiger partial charge is 0.392 e. The van der Waals surface area contributed by atoms with E-state index in [0.717, 1.165) is 25.7 Å². The predicted molar refractivity (Wildman–Crippen MR) is 116 cm³/mol. The number of amides is 1. The third kappa shape index (κ3) is 4.70. The van der Waals surface area contributed by atoms with E-state index in [1.54, 1.807) is 0 Å². The molecule has 5 rings (SSSR count). The normalized spacial score (nSPS) is 27.2. The van der Waals surface area contributed by atoms with Crippen molar-refractivity contribution < 1.29 is 40.6 Å². The maximum atomic E-state index is 13.1. The topological polar surface area (TPSA) is 52.3 Å². The van der Waals surface area contributed by atoms with Crippen molar-refractivity contribution in [1.82, 2.24) is 10.2 Å². The van der Waals surface area contributed by atoms with Crippen molar-refractivity contribution in [2.24, 2.45) is 0 Å². The largest absolute Gasteiger partial charge is 0.416 e. The molecule has 0 aromatic heterocycles. The van der Waals surface area contributed by atoms with Crippen LogP contribution in [0.4, 0.5) is 30.7 Å². The number of fused-ring (bicyclic) bond motifs is 3. The third-order valence-corrected chi connectivity index (χ3v) is 7.39. The van der Waals surface area contributed by atoms with Crippen molar-refractivity contribution in [2.45, 2.75) is 68.2 Å². The van der Waals surface area contributed by atoms with Crippen LogP contribution in [0.25, 0.3) is 0 Å². The van der Waals surface area contributed by atoms with E-state index in [0.29, 0.717) is 24.1 Å². The van der Waals surface area contributed by atoms with Gasteiger partial charge in [-0.25, -0.2) is 4.39 Å². The van der Waals surface area contributed by atoms with E-state index in [1.807, 2.05) is 19.2 Å². The van der Waals surface area contributed by atoms with Crippen LogP contribution in [-0.4, -0.2) is 40.6 Å². The molecule has 4 nitrogen and oxygen atoms in total. The van der Waals surface area contributed by atoms with Crippen LogP contribution in [0.1, 0.15) is 53.9 Å². The number of rotatable bonds is 3. The monoisotopic (exact) mass is 518 g/mol. The van der Waals surface area contributed by atoms with Gasteiger partial charge in [-0.15, -0.1) is 0 Å². The summed E-state index contributed by atoms with van der Waals surface area (Å²) >= 11 is 0. The van der Waals surface area contributed by atoms with Crippen molar-refractivity contribution >= 4 is 5.91 Å². The molecule has 2 aliphatic heterocycles. The highest BCUT2D eigenvalue weighted by Crippen LogP contribution is 2.63. The van der Waals surface area contributed by atoms with Crippen LogP contribution in [0.2, 0.25) is 0 Å². The summed E-state index contributed by atoms with van der Waals surface area (Å²) in [5, 5.41) is 11.7. The molecule has 1 aliphatic carbocycles. The summed E-state index contributed by atoms with van der Waals surface area (Å²) in [4.78, 5) is 14.5. The predicted octanol–water partition coefficient (Wildman–Crippen LogP) is 5.25. The molecule has 2 aromatic carbocycles. The van der Waals surface area contributed by atoms with E-state index in [2.05, 4.69) is 10.2 Å². The second-order valence-electron chi connectivity index (χ2n) is 9.36. The Morgan fingerprint density at radius 2 is 1.61 bits per heavy atom. The van der Waals surface area contributed by atoms with E-state index >= 15 is 0 Å². The molecule has 3 aliphatic rings. The number of nitrogens with zero attached hydrogens (tertiary/aromatic N) is 1. The minimum absolute atomic E-state index is 0.0000859. The van der Waals surface area contributed by atoms with E-state index in [-0.39, 0.29) is 29.4 Å². The second-order valence-corrected chi connectivity index (χ2v) is 9.36. The van der Waals surface area contributed by atoms with Crippen molar-refractivity contribution in [3.8, 4) is 0 Å². The second kappa shape index (κ2) is 9.33. The number of hydrogen-bond donors (Lipinski definition) is 2. The molecule has 4 atom stereocenters. The number of carbonyl (C=O) groups is 1. The lowest BCUT2D eigenvalue weighted by Gasteiger charge is -2.24. The Kier molecular flexibility index (Phi) is 6.85. The fourth-order valence-electron chi connectivity index (χ4n) is 5.77. The average molecular weight is 518 g/mol. The lowest BCUT2D eigenvalue weighted by atomic mass is 9.83. The maximum Gasteiger partial charge on any atom is 0.416 e. The molecule has 2 heterocycles. The maximum absolute atomic E-state index is 13.1. The summed E-state index contributed by atoms with van der Waals surface area (Å²) < 4.78 is 86.4. The molecule has 1 amide bonds. The van der Waals surface area contributed by atoms with Crippen LogP contribution in [0.15, 0.2) is 42.5 Å². The number of likely N-dealkylation sites (N-methyl/N-ethyl adjacent to an activating group) is 1. The fourth-order valence-corrected chi connectivity index (χ4v) is 5.77. The van der Waals surface area contributed by atoms with Gasteiger partial charge < -0.3 is 15.3 Å². The van der Waals surface area contributed by atoms with Gasteiger partial charge in [0.15, 0.2) is 0 Å². The lowest BCUT2D eigenvalue weighted by Crippen LogP contribution is -2.40. The van der Waals surface area contributed by atoms with Gasteiger partial charge in [-0.1, -0.05) is 18.6 Å². The highest BCUT2D eigenvalue weighted by molar-refractivity contribution is 5.90. The lowest BCUT2D eigenvalue weighted by molar-refractivity contribution is -0.143. The minimum Gasteiger partial charge on any atom is -0.392 e. The molecule has 0 radical (unpaired) electrons. The van der Waals surface area contributed by atoms with Gasteiger partial charge in [0.2, 0.25) is 5.91 Å². The van der Waals surface area contributed by atoms with Gasteiger partial charge in [-0.05, 0) is 67.8 Å². The third-order valence-electron chi connectivity index (χ3n) is 7.39. The first-order chi connectivity index (χ1) is 16.8. The van der Waals surface area contributed by atoms with Gasteiger partial charge in [0.25, 0.3) is 0 Å². The molecule has 1 saturated carbocycles. The van der Waals surface area contributed by atoms with Gasteiger partial charge >= 0.3 is 12.4 Å². The Labute approximate surface area is 203 Å². The molecule has 36 heavy (non-hydrogen) atoms. The molecule has 1 spiro atoms. The SMILES string of the molecule is CNC1CC2N(C1=O)C21CCCC1c1ccc(F)cc1.OCc1cc(C(F)(F)F)cc(C(F)(F)F)c1. The standard InChI is InChI=1S/C16H19FN2O.C9H6F6O/c1-18-13-9-14-16(19(14)15(13)20)8-2-3-12(16)10-4-6-11(17)7-5-10;10-8(11,12)6-1-5(4-16)2-7(3-6)9(13,14)15/h4-7,12-14,18H,2-3,8-9H2,1H3;1-3,16H,4H2. The van der Waals surface area contributed by atoms with E-state index < -0.39 is 35.6 Å². The molecule has 3 fully saturated rings. The van der Waals surface area contributed by atoms with Crippen LogP contribution in [-0.2, 0) is 23.8 Å². The molecular formula is C25H25F7N2O2. The molecule has 2 aromatic rings. The number of hydrogen-bond acceptors (Lipinski definition) is 3. The first kappa shape index (κ1) is 26.4. The summed E-state index contributed by atoms with van der Waals surface area (Å²) in [6, 6.07) is 8.22. The average Bonchev–Trinajstić information content (AvgIpc) is 3.05. The Bertz CT molecular complexity index is 1080. The molecule has 2 N–H and O–H groups in total. The molecule has 0 bridgehead atoms. The fraction of sp³-hybridized carbons (Fsp3) is 0.480. The molecule has 11 heteroatoms. The summed E-state index contributed by atoms with van der Waals surface area (Å²) in [6.45, 7) is -0.882. The summed E-state index contributed by atoms with van der Waals surface area (Å²) in [5.41, 5.74) is -2.05. The highest BCUT2D eigenvalue weighted by Gasteiger charge is 2.73. The van der Waals surface area contributed by atoms with Gasteiger partial charge in [0, 0.05) is 5.92 Å². The minimum atomic E-state index is -4.87. The van der Waals surface area contributed by atoms with E-state index in [9.17, 15) is 35.5 Å². The molecular weight excluding hydrogens is 493 g/mol. The quantitative estimate of drug-likeness (QED) is 0.431. The number of aliphatic hydroxyl groups excluding tert-OH is 1. The van der Waals surface area contributed by atoms with E-state index in [4.69, 9.17) is 5.11 Å². The first-order valence-electron chi connectivity index (χ1n) is 11.5. The Morgan fingerprint density at radius 3 is 2.06 bits per heavy atom.